The molecule has 0 bridgehead atoms. The van der Waals surface area contributed by atoms with Crippen LogP contribution < -0.4 is 4.74 Å². The molecule has 3 aromatic carbocycles. The molecule has 0 atom stereocenters. The number of hydrogen-bond donors (Lipinski definition) is 0. The van der Waals surface area contributed by atoms with Gasteiger partial charge in [-0.1, -0.05) is 48.6 Å². The molecule has 0 saturated heterocycles. The number of aryl methyl sites for hydroxylation is 2. The predicted molar refractivity (Wildman–Crippen MR) is 120 cm³/mol. The molecule has 0 N–H and O–H groups in total. The number of hydrogen-bond acceptors (Lipinski definition) is 4. The van der Waals surface area contributed by atoms with Crippen LogP contribution in [0.1, 0.15) is 32.6 Å². The summed E-state index contributed by atoms with van der Waals surface area (Å²) in [6.07, 6.45) is 4.07. The van der Waals surface area contributed by atoms with Crippen molar-refractivity contribution < 1.29 is 14.3 Å². The van der Waals surface area contributed by atoms with Crippen molar-refractivity contribution in [3.05, 3.63) is 94.5 Å². The molecule has 0 fully saturated rings. The summed E-state index contributed by atoms with van der Waals surface area (Å²) in [4.78, 5) is 13.5. The number of ether oxygens (including phenoxy) is 2. The zero-order chi connectivity index (χ0) is 20.6. The van der Waals surface area contributed by atoms with Gasteiger partial charge < -0.3 is 9.47 Å². The van der Waals surface area contributed by atoms with Gasteiger partial charge in [-0.2, -0.15) is 0 Å². The maximum atomic E-state index is 12.6. The minimum absolute atomic E-state index is 0.0396. The summed E-state index contributed by atoms with van der Waals surface area (Å²) in [5, 5.41) is 0.0396. The quantitative estimate of drug-likeness (QED) is 0.260. The van der Waals surface area contributed by atoms with Crippen molar-refractivity contribution in [3.8, 4) is 5.75 Å². The summed E-state index contributed by atoms with van der Waals surface area (Å²) in [6, 6.07) is 21.5. The number of methoxy groups -OCH3 is 1. The first-order valence-electron chi connectivity index (χ1n) is 9.35. The molecule has 29 heavy (non-hydrogen) atoms. The van der Waals surface area contributed by atoms with Gasteiger partial charge in [0.2, 0.25) is 5.12 Å². The molecule has 0 spiro atoms. The standard InChI is InChI=1S/C25H24O3S/c1-18-14-21(15-19(2)24(18)28-17-27-3)13-12-20-8-7-9-22(16-20)25(26)29-23-10-5-4-6-11-23/h4-16H,17H2,1-3H3. The normalized spacial score (nSPS) is 11.0. The Labute approximate surface area is 176 Å². The zero-order valence-electron chi connectivity index (χ0n) is 16.8. The molecule has 0 amide bonds. The van der Waals surface area contributed by atoms with Crippen molar-refractivity contribution in [2.75, 3.05) is 13.9 Å². The van der Waals surface area contributed by atoms with E-state index >= 15 is 0 Å². The van der Waals surface area contributed by atoms with Gasteiger partial charge in [0.25, 0.3) is 0 Å². The number of thioether (sulfide) groups is 1. The van der Waals surface area contributed by atoms with Crippen LogP contribution in [0, 0.1) is 13.8 Å². The Bertz CT molecular complexity index is 987. The van der Waals surface area contributed by atoms with Crippen molar-refractivity contribution in [1.29, 1.82) is 0 Å². The fourth-order valence-corrected chi connectivity index (χ4v) is 3.79. The van der Waals surface area contributed by atoms with Gasteiger partial charge in [-0.25, -0.2) is 0 Å². The Morgan fingerprint density at radius 3 is 2.28 bits per heavy atom. The second-order valence-electron chi connectivity index (χ2n) is 6.70. The smallest absolute Gasteiger partial charge is 0.224 e. The topological polar surface area (TPSA) is 35.5 Å². The van der Waals surface area contributed by atoms with Crippen LogP contribution in [0.25, 0.3) is 12.2 Å². The molecular formula is C25H24O3S. The highest BCUT2D eigenvalue weighted by Gasteiger charge is 2.08. The van der Waals surface area contributed by atoms with E-state index in [2.05, 4.69) is 12.1 Å². The van der Waals surface area contributed by atoms with Gasteiger partial charge in [0, 0.05) is 17.6 Å². The van der Waals surface area contributed by atoms with E-state index in [1.165, 1.54) is 11.8 Å². The first-order valence-corrected chi connectivity index (χ1v) is 10.2. The van der Waals surface area contributed by atoms with E-state index in [9.17, 15) is 4.79 Å². The Morgan fingerprint density at radius 2 is 1.59 bits per heavy atom. The minimum atomic E-state index is 0.0396. The van der Waals surface area contributed by atoms with Crippen LogP contribution in [0.2, 0.25) is 0 Å². The van der Waals surface area contributed by atoms with Crippen molar-refractivity contribution in [2.24, 2.45) is 0 Å². The van der Waals surface area contributed by atoms with Crippen molar-refractivity contribution in [1.82, 2.24) is 0 Å². The van der Waals surface area contributed by atoms with Crippen LogP contribution in [0.4, 0.5) is 0 Å². The SMILES string of the molecule is COCOc1c(C)cc(C=Cc2cccc(C(=O)Sc3ccccc3)c2)cc1C. The lowest BCUT2D eigenvalue weighted by Gasteiger charge is -2.12. The highest BCUT2D eigenvalue weighted by atomic mass is 32.2. The van der Waals surface area contributed by atoms with E-state index < -0.39 is 0 Å². The summed E-state index contributed by atoms with van der Waals surface area (Å²) in [6.45, 7) is 4.28. The summed E-state index contributed by atoms with van der Waals surface area (Å²) in [5.74, 6) is 0.856. The van der Waals surface area contributed by atoms with E-state index in [0.29, 0.717) is 5.56 Å². The number of benzene rings is 3. The maximum absolute atomic E-state index is 12.6. The maximum Gasteiger partial charge on any atom is 0.224 e. The lowest BCUT2D eigenvalue weighted by Crippen LogP contribution is -2.02. The van der Waals surface area contributed by atoms with Gasteiger partial charge >= 0.3 is 0 Å². The van der Waals surface area contributed by atoms with Crippen molar-refractivity contribution in [2.45, 2.75) is 18.7 Å². The Morgan fingerprint density at radius 1 is 0.897 bits per heavy atom. The second-order valence-corrected chi connectivity index (χ2v) is 7.74. The lowest BCUT2D eigenvalue weighted by molar-refractivity contribution is 0.0501. The third kappa shape index (κ3) is 5.83. The third-order valence-corrected chi connectivity index (χ3v) is 5.28. The second kappa shape index (κ2) is 10.1. The molecule has 4 heteroatoms. The van der Waals surface area contributed by atoms with Crippen LogP contribution in [-0.2, 0) is 4.74 Å². The van der Waals surface area contributed by atoms with Gasteiger partial charge in [0.05, 0.1) is 0 Å². The van der Waals surface area contributed by atoms with Gasteiger partial charge in [-0.15, -0.1) is 0 Å². The highest BCUT2D eigenvalue weighted by Crippen LogP contribution is 2.26. The van der Waals surface area contributed by atoms with Crippen LogP contribution in [0.3, 0.4) is 0 Å². The Kier molecular flexibility index (Phi) is 7.28. The van der Waals surface area contributed by atoms with Gasteiger partial charge in [0.15, 0.2) is 6.79 Å². The molecule has 0 unspecified atom stereocenters. The van der Waals surface area contributed by atoms with E-state index in [1.807, 2.05) is 80.6 Å². The average Bonchev–Trinajstić information content (AvgIpc) is 2.73. The first kappa shape index (κ1) is 20.9. The number of rotatable bonds is 7. The fraction of sp³-hybridized carbons (Fsp3) is 0.160. The minimum Gasteiger partial charge on any atom is -0.467 e. The van der Waals surface area contributed by atoms with Gasteiger partial charge in [-0.05, 0) is 78.2 Å². The fourth-order valence-electron chi connectivity index (χ4n) is 3.04. The molecule has 3 rings (SSSR count). The van der Waals surface area contributed by atoms with Crippen LogP contribution in [0.5, 0.6) is 5.75 Å². The van der Waals surface area contributed by atoms with Crippen LogP contribution in [0.15, 0.2) is 71.6 Å². The van der Waals surface area contributed by atoms with Crippen molar-refractivity contribution >= 4 is 29.0 Å². The lowest BCUT2D eigenvalue weighted by atomic mass is 10.0. The number of carbonyl (C=O) groups is 1. The number of carbonyl (C=O) groups excluding carboxylic acids is 1. The first-order chi connectivity index (χ1) is 14.1. The predicted octanol–water partition coefficient (Wildman–Crippen LogP) is 6.39. The van der Waals surface area contributed by atoms with E-state index in [1.54, 1.807) is 7.11 Å². The molecule has 0 radical (unpaired) electrons. The van der Waals surface area contributed by atoms with E-state index in [0.717, 1.165) is 32.9 Å². The third-order valence-electron chi connectivity index (χ3n) is 4.35. The summed E-state index contributed by atoms with van der Waals surface area (Å²) in [5.41, 5.74) is 4.88. The molecule has 0 aliphatic heterocycles. The largest absolute Gasteiger partial charge is 0.467 e. The van der Waals surface area contributed by atoms with Gasteiger partial charge in [-0.3, -0.25) is 4.79 Å². The summed E-state index contributed by atoms with van der Waals surface area (Å²) in [7, 11) is 1.61. The molecule has 3 nitrogen and oxygen atoms in total. The molecule has 0 aromatic heterocycles. The van der Waals surface area contributed by atoms with Crippen molar-refractivity contribution in [3.63, 3.8) is 0 Å². The molecule has 0 heterocycles. The van der Waals surface area contributed by atoms with Crippen LogP contribution in [-0.4, -0.2) is 19.0 Å². The molecule has 3 aromatic rings. The molecule has 0 aliphatic carbocycles. The highest BCUT2D eigenvalue weighted by molar-refractivity contribution is 8.14. The van der Waals surface area contributed by atoms with Gasteiger partial charge in [0.1, 0.15) is 5.75 Å². The zero-order valence-corrected chi connectivity index (χ0v) is 17.7. The molecular weight excluding hydrogens is 380 g/mol. The molecule has 148 valence electrons. The molecule has 0 aliphatic rings. The van der Waals surface area contributed by atoms with E-state index in [-0.39, 0.29) is 11.9 Å². The molecule has 0 saturated carbocycles. The summed E-state index contributed by atoms with van der Waals surface area (Å²) >= 11 is 1.24. The summed E-state index contributed by atoms with van der Waals surface area (Å²) < 4.78 is 10.6. The van der Waals surface area contributed by atoms with Crippen LogP contribution >= 0.6 is 11.8 Å². The monoisotopic (exact) mass is 404 g/mol. The Balaban J connectivity index is 1.74. The average molecular weight is 405 g/mol. The van der Waals surface area contributed by atoms with E-state index in [4.69, 9.17) is 9.47 Å². The Hall–Kier alpha value is -2.82.